The number of aromatic nitrogens is 1. The molecule has 2 aromatic rings. The minimum atomic E-state index is -0.0400. The van der Waals surface area contributed by atoms with Crippen LogP contribution in [0.4, 0.5) is 5.69 Å². The van der Waals surface area contributed by atoms with Gasteiger partial charge in [0.1, 0.15) is 0 Å². The first-order valence-corrected chi connectivity index (χ1v) is 7.02. The van der Waals surface area contributed by atoms with Gasteiger partial charge in [-0.15, -0.1) is 11.3 Å². The van der Waals surface area contributed by atoms with Gasteiger partial charge in [-0.1, -0.05) is 0 Å². The Balaban J connectivity index is 1.95. The fourth-order valence-corrected chi connectivity index (χ4v) is 2.58. The summed E-state index contributed by atoms with van der Waals surface area (Å²) in [5, 5.41) is 8.27. The summed E-state index contributed by atoms with van der Waals surface area (Å²) in [5.41, 5.74) is 2.10. The quantitative estimate of drug-likeness (QED) is 0.882. The van der Waals surface area contributed by atoms with E-state index in [9.17, 15) is 4.79 Å². The zero-order valence-corrected chi connectivity index (χ0v) is 11.8. The lowest BCUT2D eigenvalue weighted by atomic mass is 10.1. The Labute approximate surface area is 116 Å². The van der Waals surface area contributed by atoms with E-state index in [0.29, 0.717) is 0 Å². The summed E-state index contributed by atoms with van der Waals surface area (Å²) in [6.07, 6.45) is 3.59. The van der Waals surface area contributed by atoms with Crippen LogP contribution < -0.4 is 10.6 Å². The first-order chi connectivity index (χ1) is 9.16. The van der Waals surface area contributed by atoms with Crippen molar-refractivity contribution in [1.29, 1.82) is 0 Å². The summed E-state index contributed by atoms with van der Waals surface area (Å²) in [7, 11) is 0. The molecule has 1 atom stereocenters. The number of carbonyl (C=O) groups is 1. The summed E-state index contributed by atoms with van der Waals surface area (Å²) < 4.78 is 0. The molecule has 0 saturated heterocycles. The van der Waals surface area contributed by atoms with Crippen LogP contribution in [0, 0.1) is 0 Å². The molecule has 0 radical (unpaired) electrons. The van der Waals surface area contributed by atoms with Gasteiger partial charge in [-0.05, 0) is 36.1 Å². The molecular weight excluding hydrogens is 258 g/mol. The van der Waals surface area contributed by atoms with E-state index in [4.69, 9.17) is 0 Å². The van der Waals surface area contributed by atoms with Crippen molar-refractivity contribution < 1.29 is 4.79 Å². The van der Waals surface area contributed by atoms with Crippen molar-refractivity contribution in [1.82, 2.24) is 10.3 Å². The summed E-state index contributed by atoms with van der Waals surface area (Å²) in [4.78, 5) is 16.2. The normalized spacial score (nSPS) is 12.1. The Hall–Kier alpha value is -1.72. The van der Waals surface area contributed by atoms with E-state index in [1.807, 2.05) is 23.6 Å². The van der Waals surface area contributed by atoms with Gasteiger partial charge in [0.05, 0.1) is 5.69 Å². The molecule has 1 unspecified atom stereocenters. The molecule has 0 aromatic carbocycles. The van der Waals surface area contributed by atoms with Crippen LogP contribution in [0.25, 0.3) is 0 Å². The predicted octanol–water partition coefficient (Wildman–Crippen LogP) is 2.95. The van der Waals surface area contributed by atoms with Crippen LogP contribution in [-0.4, -0.2) is 10.9 Å². The van der Waals surface area contributed by atoms with E-state index in [0.717, 1.165) is 17.1 Å². The number of anilines is 1. The summed E-state index contributed by atoms with van der Waals surface area (Å²) >= 11 is 1.64. The van der Waals surface area contributed by atoms with Gasteiger partial charge in [-0.25, -0.2) is 0 Å². The van der Waals surface area contributed by atoms with Crippen LogP contribution >= 0.6 is 11.3 Å². The lowest BCUT2D eigenvalue weighted by molar-refractivity contribution is -0.114. The van der Waals surface area contributed by atoms with E-state index in [2.05, 4.69) is 22.5 Å². The Morgan fingerprint density at radius 3 is 2.79 bits per heavy atom. The summed E-state index contributed by atoms with van der Waals surface area (Å²) in [5.74, 6) is -0.0400. The first kappa shape index (κ1) is 13.7. The number of hydrogen-bond acceptors (Lipinski definition) is 4. The minimum absolute atomic E-state index is 0.0400. The number of pyridine rings is 1. The molecule has 100 valence electrons. The maximum absolute atomic E-state index is 11.1. The molecule has 0 saturated carbocycles. The molecule has 2 rings (SSSR count). The number of amides is 1. The van der Waals surface area contributed by atoms with E-state index in [1.54, 1.807) is 23.7 Å². The number of rotatable bonds is 5. The van der Waals surface area contributed by atoms with Crippen molar-refractivity contribution in [2.45, 2.75) is 26.4 Å². The highest BCUT2D eigenvalue weighted by atomic mass is 32.1. The molecule has 0 fully saturated rings. The molecular formula is C14H17N3OS. The van der Waals surface area contributed by atoms with Crippen LogP contribution in [0.3, 0.4) is 0 Å². The van der Waals surface area contributed by atoms with Gasteiger partial charge < -0.3 is 10.6 Å². The van der Waals surface area contributed by atoms with Crippen molar-refractivity contribution in [2.24, 2.45) is 0 Å². The van der Waals surface area contributed by atoms with Crippen molar-refractivity contribution in [3.63, 3.8) is 0 Å². The fraction of sp³-hybridized carbons (Fsp3) is 0.286. The first-order valence-electron chi connectivity index (χ1n) is 6.14. The van der Waals surface area contributed by atoms with Gasteiger partial charge in [0.25, 0.3) is 0 Å². The van der Waals surface area contributed by atoms with Crippen LogP contribution in [0.5, 0.6) is 0 Å². The molecule has 19 heavy (non-hydrogen) atoms. The Kier molecular flexibility index (Phi) is 4.65. The third-order valence-corrected chi connectivity index (χ3v) is 3.75. The van der Waals surface area contributed by atoms with Gasteiger partial charge in [-0.2, -0.15) is 0 Å². The van der Waals surface area contributed by atoms with Gasteiger partial charge in [0, 0.05) is 36.8 Å². The van der Waals surface area contributed by atoms with E-state index >= 15 is 0 Å². The highest BCUT2D eigenvalue weighted by Crippen LogP contribution is 2.23. The smallest absolute Gasteiger partial charge is 0.221 e. The second-order valence-corrected chi connectivity index (χ2v) is 5.32. The van der Waals surface area contributed by atoms with Gasteiger partial charge in [-0.3, -0.25) is 9.78 Å². The topological polar surface area (TPSA) is 54.0 Å². The van der Waals surface area contributed by atoms with Crippen LogP contribution in [-0.2, 0) is 11.3 Å². The number of carbonyl (C=O) groups excluding carboxylic acids is 1. The third-order valence-electron chi connectivity index (χ3n) is 2.83. The van der Waals surface area contributed by atoms with Crippen molar-refractivity contribution in [3.05, 3.63) is 46.4 Å². The lowest BCUT2D eigenvalue weighted by Gasteiger charge is -2.14. The van der Waals surface area contributed by atoms with Crippen molar-refractivity contribution in [2.75, 3.05) is 5.32 Å². The largest absolute Gasteiger partial charge is 0.325 e. The lowest BCUT2D eigenvalue weighted by Crippen LogP contribution is -2.18. The zero-order chi connectivity index (χ0) is 13.7. The molecule has 5 heteroatoms. The number of thiophene rings is 1. The Morgan fingerprint density at radius 1 is 1.37 bits per heavy atom. The van der Waals surface area contributed by atoms with Crippen LogP contribution in [0.2, 0.25) is 0 Å². The zero-order valence-electron chi connectivity index (χ0n) is 11.0. The highest BCUT2D eigenvalue weighted by molar-refractivity contribution is 7.10. The molecule has 0 aliphatic rings. The molecule has 0 spiro atoms. The average Bonchev–Trinajstić information content (AvgIpc) is 2.83. The van der Waals surface area contributed by atoms with E-state index < -0.39 is 0 Å². The number of hydrogen-bond donors (Lipinski definition) is 2. The Morgan fingerprint density at radius 2 is 2.11 bits per heavy atom. The maximum atomic E-state index is 11.1. The molecule has 2 heterocycles. The molecule has 2 aromatic heterocycles. The third kappa shape index (κ3) is 3.87. The second kappa shape index (κ2) is 6.45. The van der Waals surface area contributed by atoms with Crippen molar-refractivity contribution in [3.8, 4) is 0 Å². The van der Waals surface area contributed by atoms with Crippen molar-refractivity contribution >= 4 is 22.9 Å². The summed E-state index contributed by atoms with van der Waals surface area (Å²) in [6, 6.07) is 6.18. The van der Waals surface area contributed by atoms with Gasteiger partial charge >= 0.3 is 0 Å². The predicted molar refractivity (Wildman–Crippen MR) is 78.1 cm³/mol. The minimum Gasteiger partial charge on any atom is -0.325 e. The standard InChI is InChI=1S/C14H17N3OS/c1-10(12-3-6-15-7-4-12)16-9-14-13(5-8-19-14)17-11(2)18/h3-8,10,16H,9H2,1-2H3,(H,17,18). The summed E-state index contributed by atoms with van der Waals surface area (Å²) in [6.45, 7) is 4.37. The van der Waals surface area contributed by atoms with Gasteiger partial charge in [0.2, 0.25) is 5.91 Å². The van der Waals surface area contributed by atoms with Crippen LogP contribution in [0.1, 0.15) is 30.3 Å². The van der Waals surface area contributed by atoms with Gasteiger partial charge in [0.15, 0.2) is 0 Å². The SMILES string of the molecule is CC(=O)Nc1ccsc1CNC(C)c1ccncc1. The number of nitrogens with one attached hydrogen (secondary N) is 2. The molecule has 0 bridgehead atoms. The molecule has 4 nitrogen and oxygen atoms in total. The Bertz CT molecular complexity index is 539. The number of nitrogens with zero attached hydrogens (tertiary/aromatic N) is 1. The van der Waals surface area contributed by atoms with E-state index in [1.165, 1.54) is 12.5 Å². The van der Waals surface area contributed by atoms with E-state index in [-0.39, 0.29) is 11.9 Å². The average molecular weight is 275 g/mol. The molecule has 1 amide bonds. The monoisotopic (exact) mass is 275 g/mol. The second-order valence-electron chi connectivity index (χ2n) is 4.32. The molecule has 0 aliphatic carbocycles. The maximum Gasteiger partial charge on any atom is 0.221 e. The fourth-order valence-electron chi connectivity index (χ4n) is 1.79. The van der Waals surface area contributed by atoms with Crippen LogP contribution in [0.15, 0.2) is 36.0 Å². The molecule has 0 aliphatic heterocycles. The highest BCUT2D eigenvalue weighted by Gasteiger charge is 2.08. The molecule has 2 N–H and O–H groups in total.